The van der Waals surface area contributed by atoms with Gasteiger partial charge in [-0.3, -0.25) is 9.78 Å². The molecule has 0 radical (unpaired) electrons. The molecule has 3 rings (SSSR count). The Kier molecular flexibility index (Phi) is 2.98. The maximum atomic E-state index is 11.4. The number of nitrogens with zero attached hydrogens (tertiary/aromatic N) is 3. The van der Waals surface area contributed by atoms with Gasteiger partial charge in [-0.15, -0.1) is 0 Å². The van der Waals surface area contributed by atoms with Gasteiger partial charge in [0.1, 0.15) is 11.3 Å². The van der Waals surface area contributed by atoms with E-state index in [9.17, 15) is 4.79 Å². The molecule has 1 aliphatic carbocycles. The summed E-state index contributed by atoms with van der Waals surface area (Å²) in [5, 5.41) is 3.28. The largest absolute Gasteiger partial charge is 0.369 e. The van der Waals surface area contributed by atoms with Crippen LogP contribution in [-0.2, 0) is 4.79 Å². The van der Waals surface area contributed by atoms with Crippen LogP contribution >= 0.6 is 0 Å². The van der Waals surface area contributed by atoms with Gasteiger partial charge in [-0.25, -0.2) is 9.97 Å². The second-order valence-electron chi connectivity index (χ2n) is 4.79. The predicted molar refractivity (Wildman–Crippen MR) is 71.3 cm³/mol. The maximum absolute atomic E-state index is 11.4. The highest BCUT2D eigenvalue weighted by Gasteiger charge is 2.31. The van der Waals surface area contributed by atoms with Gasteiger partial charge in [0.25, 0.3) is 0 Å². The Morgan fingerprint density at radius 2 is 2.11 bits per heavy atom. The summed E-state index contributed by atoms with van der Waals surface area (Å²) >= 11 is 0. The van der Waals surface area contributed by atoms with E-state index in [0.29, 0.717) is 11.5 Å². The maximum Gasteiger partial charge on any atom is 0.222 e. The van der Waals surface area contributed by atoms with E-state index in [2.05, 4.69) is 20.3 Å². The molecule has 0 bridgehead atoms. The number of fused-ring (bicyclic) bond motifs is 1. The predicted octanol–water partition coefficient (Wildman–Crippen LogP) is 1.09. The number of nitrogens with one attached hydrogen (secondary N) is 1. The molecule has 2 heterocycles. The number of rotatable bonds is 3. The minimum atomic E-state index is -0.240. The van der Waals surface area contributed by atoms with Crippen LogP contribution in [0.3, 0.4) is 0 Å². The molecule has 6 heteroatoms. The molecule has 0 aromatic carbocycles. The van der Waals surface area contributed by atoms with Crippen LogP contribution in [0.15, 0.2) is 24.5 Å². The van der Waals surface area contributed by atoms with Crippen molar-refractivity contribution in [2.24, 2.45) is 11.7 Å². The number of carbonyl (C=O) groups is 1. The van der Waals surface area contributed by atoms with E-state index in [1.807, 2.05) is 12.1 Å². The minimum absolute atomic E-state index is 0.0686. The molecule has 1 amide bonds. The Balaban J connectivity index is 1.83. The lowest BCUT2D eigenvalue weighted by atomic mass is 10.0. The highest BCUT2D eigenvalue weighted by molar-refractivity contribution is 5.78. The molecule has 2 aromatic rings. The van der Waals surface area contributed by atoms with Gasteiger partial charge in [-0.05, 0) is 25.0 Å². The van der Waals surface area contributed by atoms with E-state index >= 15 is 0 Å². The number of aromatic nitrogens is 3. The standard InChI is InChI=1S/C13H15N5O/c14-12(19)8-2-1-3-9(8)17-11-5-4-10-13(18-11)16-7-6-15-10/h4-9H,1-3H2,(H2,14,19)(H,16,17,18)/t8-,9-/m1/s1. The normalized spacial score (nSPS) is 22.5. The molecule has 19 heavy (non-hydrogen) atoms. The Bertz CT molecular complexity index is 615. The monoisotopic (exact) mass is 257 g/mol. The molecule has 2 aromatic heterocycles. The Labute approximate surface area is 110 Å². The van der Waals surface area contributed by atoms with Gasteiger partial charge in [0.15, 0.2) is 5.65 Å². The van der Waals surface area contributed by atoms with Crippen LogP contribution in [0.5, 0.6) is 0 Å². The summed E-state index contributed by atoms with van der Waals surface area (Å²) in [5.74, 6) is 0.362. The van der Waals surface area contributed by atoms with Gasteiger partial charge >= 0.3 is 0 Å². The summed E-state index contributed by atoms with van der Waals surface area (Å²) in [6.07, 6.45) is 6.05. The molecule has 0 aliphatic heterocycles. The van der Waals surface area contributed by atoms with Crippen LogP contribution in [0, 0.1) is 5.92 Å². The summed E-state index contributed by atoms with van der Waals surface area (Å²) < 4.78 is 0. The van der Waals surface area contributed by atoms with Crippen LogP contribution in [0.2, 0.25) is 0 Å². The molecule has 0 unspecified atom stereocenters. The SMILES string of the molecule is NC(=O)[C@@H]1CCC[C@H]1Nc1ccc2nccnc2n1. The molecule has 3 N–H and O–H groups in total. The average Bonchev–Trinajstić information content (AvgIpc) is 2.87. The van der Waals surface area contributed by atoms with Crippen LogP contribution in [-0.4, -0.2) is 26.9 Å². The van der Waals surface area contributed by atoms with Crippen molar-refractivity contribution in [3.8, 4) is 0 Å². The van der Waals surface area contributed by atoms with Gasteiger partial charge in [-0.2, -0.15) is 0 Å². The van der Waals surface area contributed by atoms with Gasteiger partial charge < -0.3 is 11.1 Å². The van der Waals surface area contributed by atoms with E-state index in [1.165, 1.54) is 0 Å². The molecule has 0 spiro atoms. The topological polar surface area (TPSA) is 93.8 Å². The second kappa shape index (κ2) is 4.79. The molecule has 1 saturated carbocycles. The van der Waals surface area contributed by atoms with Crippen molar-refractivity contribution in [2.75, 3.05) is 5.32 Å². The van der Waals surface area contributed by atoms with E-state index in [-0.39, 0.29) is 17.9 Å². The first-order valence-electron chi connectivity index (χ1n) is 6.37. The second-order valence-corrected chi connectivity index (χ2v) is 4.79. The lowest BCUT2D eigenvalue weighted by molar-refractivity contribution is -0.121. The number of hydrogen-bond donors (Lipinski definition) is 2. The van der Waals surface area contributed by atoms with Gasteiger partial charge in [-0.1, -0.05) is 6.42 Å². The average molecular weight is 257 g/mol. The number of carbonyl (C=O) groups excluding carboxylic acids is 1. The van der Waals surface area contributed by atoms with E-state index < -0.39 is 0 Å². The number of primary amides is 1. The fourth-order valence-corrected chi connectivity index (χ4v) is 2.60. The molecule has 6 nitrogen and oxygen atoms in total. The number of nitrogens with two attached hydrogens (primary N) is 1. The first kappa shape index (κ1) is 11.8. The third-order valence-electron chi connectivity index (χ3n) is 3.55. The number of amides is 1. The van der Waals surface area contributed by atoms with Gasteiger partial charge in [0.2, 0.25) is 5.91 Å². The van der Waals surface area contributed by atoms with Crippen LogP contribution in [0.4, 0.5) is 5.82 Å². The molecular formula is C13H15N5O. The van der Waals surface area contributed by atoms with Crippen molar-refractivity contribution in [1.82, 2.24) is 15.0 Å². The highest BCUT2D eigenvalue weighted by Crippen LogP contribution is 2.28. The molecule has 1 aliphatic rings. The van der Waals surface area contributed by atoms with Crippen molar-refractivity contribution >= 4 is 22.9 Å². The number of pyridine rings is 1. The zero-order valence-corrected chi connectivity index (χ0v) is 10.4. The van der Waals surface area contributed by atoms with Crippen molar-refractivity contribution in [3.05, 3.63) is 24.5 Å². The zero-order chi connectivity index (χ0) is 13.2. The van der Waals surface area contributed by atoms with Crippen LogP contribution < -0.4 is 11.1 Å². The zero-order valence-electron chi connectivity index (χ0n) is 10.4. The summed E-state index contributed by atoms with van der Waals surface area (Å²) in [7, 11) is 0. The Morgan fingerprint density at radius 1 is 1.26 bits per heavy atom. The van der Waals surface area contributed by atoms with Gasteiger partial charge in [0.05, 0.1) is 5.92 Å². The Hall–Kier alpha value is -2.24. The van der Waals surface area contributed by atoms with Crippen molar-refractivity contribution < 1.29 is 4.79 Å². The minimum Gasteiger partial charge on any atom is -0.369 e. The summed E-state index contributed by atoms with van der Waals surface area (Å²) in [4.78, 5) is 24.1. The fourth-order valence-electron chi connectivity index (χ4n) is 2.60. The van der Waals surface area contributed by atoms with Crippen LogP contribution in [0.1, 0.15) is 19.3 Å². The Morgan fingerprint density at radius 3 is 2.95 bits per heavy atom. The van der Waals surface area contributed by atoms with Crippen LogP contribution in [0.25, 0.3) is 11.2 Å². The first-order valence-corrected chi connectivity index (χ1v) is 6.37. The molecule has 0 saturated heterocycles. The summed E-state index contributed by atoms with van der Waals surface area (Å²) in [6, 6.07) is 3.79. The summed E-state index contributed by atoms with van der Waals surface area (Å²) in [5.41, 5.74) is 6.76. The van der Waals surface area contributed by atoms with Gasteiger partial charge in [0, 0.05) is 18.4 Å². The quantitative estimate of drug-likeness (QED) is 0.858. The van der Waals surface area contributed by atoms with Crippen molar-refractivity contribution in [1.29, 1.82) is 0 Å². The molecule has 2 atom stereocenters. The third-order valence-corrected chi connectivity index (χ3v) is 3.55. The molecule has 98 valence electrons. The number of hydrogen-bond acceptors (Lipinski definition) is 5. The lowest BCUT2D eigenvalue weighted by Gasteiger charge is -2.18. The fraction of sp³-hybridized carbons (Fsp3) is 0.385. The highest BCUT2D eigenvalue weighted by atomic mass is 16.1. The smallest absolute Gasteiger partial charge is 0.222 e. The first-order chi connectivity index (χ1) is 9.24. The van der Waals surface area contributed by atoms with E-state index in [1.54, 1.807) is 12.4 Å². The van der Waals surface area contributed by atoms with E-state index in [4.69, 9.17) is 5.73 Å². The number of anilines is 1. The third kappa shape index (κ3) is 2.33. The lowest BCUT2D eigenvalue weighted by Crippen LogP contribution is -2.34. The molecule has 1 fully saturated rings. The van der Waals surface area contributed by atoms with E-state index in [0.717, 1.165) is 24.8 Å². The molecular weight excluding hydrogens is 242 g/mol. The summed E-state index contributed by atoms with van der Waals surface area (Å²) in [6.45, 7) is 0. The van der Waals surface area contributed by atoms with Crippen molar-refractivity contribution in [2.45, 2.75) is 25.3 Å². The van der Waals surface area contributed by atoms with Crippen molar-refractivity contribution in [3.63, 3.8) is 0 Å².